The summed E-state index contributed by atoms with van der Waals surface area (Å²) in [5.74, 6) is -0.629. The monoisotopic (exact) mass is 281 g/mol. The standard InChI is InChI=1S/C14H19NO3S/c1-3-10-4-6-11(7-5-10)13(16)15-12(14(17)18)8-9-19-2/h4-7,12H,3,8-9H2,1-2H3,(H,15,16)(H,17,18)/t12-/m0/s1. The van der Waals surface area contributed by atoms with Gasteiger partial charge in [-0.15, -0.1) is 0 Å². The lowest BCUT2D eigenvalue weighted by Gasteiger charge is -2.14. The number of thioether (sulfide) groups is 1. The zero-order valence-electron chi connectivity index (χ0n) is 11.2. The second-order valence-electron chi connectivity index (χ2n) is 4.20. The number of hydrogen-bond acceptors (Lipinski definition) is 3. The van der Waals surface area contributed by atoms with Crippen LogP contribution in [0.5, 0.6) is 0 Å². The van der Waals surface area contributed by atoms with E-state index in [0.717, 1.165) is 12.0 Å². The number of amides is 1. The fraction of sp³-hybridized carbons (Fsp3) is 0.429. The average Bonchev–Trinajstić information content (AvgIpc) is 2.43. The molecule has 0 saturated heterocycles. The second-order valence-corrected chi connectivity index (χ2v) is 5.18. The predicted octanol–water partition coefficient (Wildman–Crippen LogP) is 2.19. The molecule has 0 aliphatic carbocycles. The zero-order chi connectivity index (χ0) is 14.3. The zero-order valence-corrected chi connectivity index (χ0v) is 12.0. The van der Waals surface area contributed by atoms with Gasteiger partial charge in [-0.05, 0) is 42.5 Å². The second kappa shape index (κ2) is 7.84. The number of carboxylic acids is 1. The third kappa shape index (κ3) is 4.95. The van der Waals surface area contributed by atoms with Crippen molar-refractivity contribution >= 4 is 23.6 Å². The van der Waals surface area contributed by atoms with Crippen LogP contribution >= 0.6 is 11.8 Å². The van der Waals surface area contributed by atoms with E-state index in [0.29, 0.717) is 17.7 Å². The number of carbonyl (C=O) groups excluding carboxylic acids is 1. The molecule has 0 aromatic heterocycles. The third-order valence-corrected chi connectivity index (χ3v) is 3.48. The molecule has 0 spiro atoms. The predicted molar refractivity (Wildman–Crippen MR) is 77.7 cm³/mol. The van der Waals surface area contributed by atoms with E-state index in [4.69, 9.17) is 5.11 Å². The Bertz CT molecular complexity index is 431. The summed E-state index contributed by atoms with van der Waals surface area (Å²) in [7, 11) is 0. The van der Waals surface area contributed by atoms with Crippen molar-refractivity contribution in [3.8, 4) is 0 Å². The lowest BCUT2D eigenvalue weighted by Crippen LogP contribution is -2.41. The van der Waals surface area contributed by atoms with Crippen LogP contribution in [0.4, 0.5) is 0 Å². The van der Waals surface area contributed by atoms with Gasteiger partial charge in [0.25, 0.3) is 5.91 Å². The number of aryl methyl sites for hydroxylation is 1. The summed E-state index contributed by atoms with van der Waals surface area (Å²) < 4.78 is 0. The van der Waals surface area contributed by atoms with Gasteiger partial charge in [0.15, 0.2) is 0 Å². The molecule has 4 nitrogen and oxygen atoms in total. The molecule has 1 atom stereocenters. The Labute approximate surface area is 117 Å². The molecule has 0 fully saturated rings. The quantitative estimate of drug-likeness (QED) is 0.804. The first-order valence-electron chi connectivity index (χ1n) is 6.20. The molecule has 0 unspecified atom stereocenters. The van der Waals surface area contributed by atoms with Crippen molar-refractivity contribution in [1.82, 2.24) is 5.32 Å². The molecule has 1 aromatic rings. The highest BCUT2D eigenvalue weighted by atomic mass is 32.2. The van der Waals surface area contributed by atoms with Crippen molar-refractivity contribution < 1.29 is 14.7 Å². The number of benzene rings is 1. The smallest absolute Gasteiger partial charge is 0.326 e. The Morgan fingerprint density at radius 2 is 1.95 bits per heavy atom. The maximum absolute atomic E-state index is 11.9. The number of aliphatic carboxylic acids is 1. The minimum Gasteiger partial charge on any atom is -0.480 e. The van der Waals surface area contributed by atoms with E-state index in [2.05, 4.69) is 5.32 Å². The fourth-order valence-electron chi connectivity index (χ4n) is 1.63. The number of carbonyl (C=O) groups is 2. The summed E-state index contributed by atoms with van der Waals surface area (Å²) in [6, 6.07) is 6.38. The van der Waals surface area contributed by atoms with E-state index >= 15 is 0 Å². The van der Waals surface area contributed by atoms with Crippen LogP contribution < -0.4 is 5.32 Å². The van der Waals surface area contributed by atoms with Crippen LogP contribution in [0.15, 0.2) is 24.3 Å². The highest BCUT2D eigenvalue weighted by molar-refractivity contribution is 7.98. The molecule has 0 heterocycles. The molecule has 1 amide bonds. The van der Waals surface area contributed by atoms with Crippen LogP contribution in [0.1, 0.15) is 29.3 Å². The topological polar surface area (TPSA) is 66.4 Å². The molecule has 19 heavy (non-hydrogen) atoms. The van der Waals surface area contributed by atoms with Crippen molar-refractivity contribution in [3.63, 3.8) is 0 Å². The summed E-state index contributed by atoms with van der Waals surface area (Å²) in [5, 5.41) is 11.6. The summed E-state index contributed by atoms with van der Waals surface area (Å²) in [6.07, 6.45) is 3.24. The number of carboxylic acid groups (broad SMARTS) is 1. The van der Waals surface area contributed by atoms with Gasteiger partial charge in [0.05, 0.1) is 0 Å². The summed E-state index contributed by atoms with van der Waals surface area (Å²) >= 11 is 1.56. The molecule has 2 N–H and O–H groups in total. The van der Waals surface area contributed by atoms with Gasteiger partial charge >= 0.3 is 5.97 Å². The van der Waals surface area contributed by atoms with Crippen LogP contribution in [0.2, 0.25) is 0 Å². The first-order valence-corrected chi connectivity index (χ1v) is 7.59. The average molecular weight is 281 g/mol. The Balaban J connectivity index is 2.67. The van der Waals surface area contributed by atoms with Crippen molar-refractivity contribution in [2.45, 2.75) is 25.8 Å². The Kier molecular flexibility index (Phi) is 6.42. The molecule has 1 rings (SSSR count). The minimum atomic E-state index is -0.993. The van der Waals surface area contributed by atoms with Crippen LogP contribution in [-0.2, 0) is 11.2 Å². The van der Waals surface area contributed by atoms with Crippen LogP contribution in [0.25, 0.3) is 0 Å². The maximum atomic E-state index is 11.9. The van der Waals surface area contributed by atoms with Gasteiger partial charge in [0, 0.05) is 5.56 Å². The Morgan fingerprint density at radius 1 is 1.32 bits per heavy atom. The molecule has 0 bridgehead atoms. The number of hydrogen-bond donors (Lipinski definition) is 2. The van der Waals surface area contributed by atoms with Gasteiger partial charge in [-0.3, -0.25) is 4.79 Å². The van der Waals surface area contributed by atoms with E-state index in [1.54, 1.807) is 23.9 Å². The van der Waals surface area contributed by atoms with E-state index in [9.17, 15) is 9.59 Å². The van der Waals surface area contributed by atoms with Crippen LogP contribution in [-0.4, -0.2) is 35.0 Å². The van der Waals surface area contributed by atoms with Gasteiger partial charge < -0.3 is 10.4 Å². The number of nitrogens with one attached hydrogen (secondary N) is 1. The molecule has 0 aliphatic heterocycles. The molecule has 5 heteroatoms. The largest absolute Gasteiger partial charge is 0.480 e. The minimum absolute atomic E-state index is 0.337. The van der Waals surface area contributed by atoms with Crippen molar-refractivity contribution in [3.05, 3.63) is 35.4 Å². The van der Waals surface area contributed by atoms with Gasteiger partial charge in [0.1, 0.15) is 6.04 Å². The molecular formula is C14H19NO3S. The third-order valence-electron chi connectivity index (χ3n) is 2.84. The van der Waals surface area contributed by atoms with Gasteiger partial charge in [-0.2, -0.15) is 11.8 Å². The van der Waals surface area contributed by atoms with Gasteiger partial charge in [0.2, 0.25) is 0 Å². The Hall–Kier alpha value is -1.49. The first-order chi connectivity index (χ1) is 9.08. The highest BCUT2D eigenvalue weighted by Crippen LogP contribution is 2.07. The van der Waals surface area contributed by atoms with Gasteiger partial charge in [-0.25, -0.2) is 4.79 Å². The van der Waals surface area contributed by atoms with Crippen LogP contribution in [0, 0.1) is 0 Å². The van der Waals surface area contributed by atoms with Crippen molar-refractivity contribution in [2.75, 3.05) is 12.0 Å². The van der Waals surface area contributed by atoms with Crippen molar-refractivity contribution in [1.29, 1.82) is 0 Å². The van der Waals surface area contributed by atoms with E-state index in [-0.39, 0.29) is 5.91 Å². The molecule has 0 aliphatic rings. The summed E-state index contributed by atoms with van der Waals surface area (Å²) in [5.41, 5.74) is 1.64. The normalized spacial score (nSPS) is 11.9. The molecule has 1 aromatic carbocycles. The van der Waals surface area contributed by atoms with E-state index in [1.807, 2.05) is 25.3 Å². The lowest BCUT2D eigenvalue weighted by atomic mass is 10.1. The van der Waals surface area contributed by atoms with E-state index in [1.165, 1.54) is 0 Å². The van der Waals surface area contributed by atoms with E-state index < -0.39 is 12.0 Å². The van der Waals surface area contributed by atoms with Crippen LogP contribution in [0.3, 0.4) is 0 Å². The first kappa shape index (κ1) is 15.6. The van der Waals surface area contributed by atoms with Crippen molar-refractivity contribution in [2.24, 2.45) is 0 Å². The molecule has 0 saturated carbocycles. The molecule has 0 radical (unpaired) electrons. The molecule has 104 valence electrons. The highest BCUT2D eigenvalue weighted by Gasteiger charge is 2.19. The number of rotatable bonds is 7. The summed E-state index contributed by atoms with van der Waals surface area (Å²) in [6.45, 7) is 2.04. The Morgan fingerprint density at radius 3 is 2.42 bits per heavy atom. The maximum Gasteiger partial charge on any atom is 0.326 e. The summed E-state index contributed by atoms with van der Waals surface area (Å²) in [4.78, 5) is 23.0. The lowest BCUT2D eigenvalue weighted by molar-refractivity contribution is -0.139. The van der Waals surface area contributed by atoms with Gasteiger partial charge in [-0.1, -0.05) is 19.1 Å². The fourth-order valence-corrected chi connectivity index (χ4v) is 2.10. The molecular weight excluding hydrogens is 262 g/mol. The SMILES string of the molecule is CCc1ccc(C(=O)N[C@@H](CCSC)C(=O)O)cc1.